The molecule has 4 nitrogen and oxygen atoms in total. The number of rotatable bonds is 6. The Morgan fingerprint density at radius 2 is 1.89 bits per heavy atom. The van der Waals surface area contributed by atoms with E-state index in [2.05, 4.69) is 4.74 Å². The molecule has 8 heteroatoms. The Morgan fingerprint density at radius 3 is 2.37 bits per heavy atom. The van der Waals surface area contributed by atoms with Gasteiger partial charge in [0.2, 0.25) is 0 Å². The van der Waals surface area contributed by atoms with Crippen LogP contribution >= 0.6 is 0 Å². The van der Waals surface area contributed by atoms with Crippen molar-refractivity contribution in [1.29, 1.82) is 0 Å². The van der Waals surface area contributed by atoms with Gasteiger partial charge in [0, 0.05) is 5.56 Å². The molecule has 0 saturated heterocycles. The van der Waals surface area contributed by atoms with Gasteiger partial charge in [0.25, 0.3) is 11.8 Å². The number of amides is 1. The van der Waals surface area contributed by atoms with Crippen LogP contribution in [0.25, 0.3) is 0 Å². The molecule has 0 heterocycles. The van der Waals surface area contributed by atoms with E-state index < -0.39 is 31.5 Å². The van der Waals surface area contributed by atoms with Crippen molar-refractivity contribution in [3.63, 3.8) is 0 Å². The predicted octanol–water partition coefficient (Wildman–Crippen LogP) is 1.61. The Balaban J connectivity index is 2.58. The summed E-state index contributed by atoms with van der Waals surface area (Å²) in [5.41, 5.74) is 4.86. The Hall–Kier alpha value is -1.83. The van der Waals surface area contributed by atoms with E-state index in [-0.39, 0.29) is 11.3 Å². The number of carbonyl (C=O) groups excluding carboxylic acids is 1. The van der Waals surface area contributed by atoms with Gasteiger partial charge in [-0.1, -0.05) is 0 Å². The zero-order valence-electron chi connectivity index (χ0n) is 9.71. The molecule has 0 aromatic heterocycles. The molecule has 0 atom stereocenters. The molecule has 0 aliphatic carbocycles. The smallest absolute Gasteiger partial charge is 0.387 e. The van der Waals surface area contributed by atoms with Crippen molar-refractivity contribution < 1.29 is 27.1 Å². The van der Waals surface area contributed by atoms with Crippen LogP contribution in [0.15, 0.2) is 24.3 Å². The van der Waals surface area contributed by atoms with Crippen molar-refractivity contribution in [2.75, 3.05) is 13.1 Å². The van der Waals surface area contributed by atoms with Crippen LogP contribution in [0.2, 0.25) is 0 Å². The van der Waals surface area contributed by atoms with Gasteiger partial charge in [0.05, 0.1) is 13.1 Å². The third-order valence-electron chi connectivity index (χ3n) is 2.15. The molecule has 1 rings (SSSR count). The summed E-state index contributed by atoms with van der Waals surface area (Å²) in [6, 6.07) is 4.66. The van der Waals surface area contributed by atoms with Crippen molar-refractivity contribution in [3.05, 3.63) is 29.8 Å². The number of ether oxygens (including phenoxy) is 1. The third kappa shape index (κ3) is 5.12. The summed E-state index contributed by atoms with van der Waals surface area (Å²) in [5, 5.41) is 1.99. The lowest BCUT2D eigenvalue weighted by Crippen LogP contribution is -2.41. The molecule has 106 valence electrons. The minimum absolute atomic E-state index is 0.0504. The molecule has 1 aromatic rings. The highest BCUT2D eigenvalue weighted by Crippen LogP contribution is 2.15. The number of nitrogens with two attached hydrogens (primary N) is 1. The van der Waals surface area contributed by atoms with Gasteiger partial charge >= 0.3 is 6.61 Å². The maximum atomic E-state index is 12.8. The fourth-order valence-corrected chi connectivity index (χ4v) is 1.17. The predicted molar refractivity (Wildman–Crippen MR) is 59.4 cm³/mol. The summed E-state index contributed by atoms with van der Waals surface area (Å²) in [7, 11) is 0. The summed E-state index contributed by atoms with van der Waals surface area (Å²) < 4.78 is 53.4. The SMILES string of the molecule is NCC(F)(F)CNC(=O)c1ccc(OC(F)F)cc1. The molecular formula is C11H12F4N2O2. The first kappa shape index (κ1) is 15.2. The minimum Gasteiger partial charge on any atom is -0.435 e. The van der Waals surface area contributed by atoms with Crippen LogP contribution in [-0.4, -0.2) is 31.5 Å². The summed E-state index contributed by atoms with van der Waals surface area (Å²) in [5.74, 6) is -4.07. The number of hydrogen-bond acceptors (Lipinski definition) is 3. The van der Waals surface area contributed by atoms with Crippen molar-refractivity contribution in [2.24, 2.45) is 5.73 Å². The maximum Gasteiger partial charge on any atom is 0.387 e. The second kappa shape index (κ2) is 6.37. The lowest BCUT2D eigenvalue weighted by molar-refractivity contribution is -0.0498. The molecule has 0 fully saturated rings. The summed E-state index contributed by atoms with van der Waals surface area (Å²) in [6.45, 7) is -4.74. The average Bonchev–Trinajstić information content (AvgIpc) is 2.36. The monoisotopic (exact) mass is 280 g/mol. The lowest BCUT2D eigenvalue weighted by atomic mass is 10.2. The first-order valence-electron chi connectivity index (χ1n) is 5.25. The normalized spacial score (nSPS) is 11.5. The van der Waals surface area contributed by atoms with Crippen molar-refractivity contribution in [2.45, 2.75) is 12.5 Å². The van der Waals surface area contributed by atoms with Gasteiger partial charge in [-0.05, 0) is 24.3 Å². The standard InChI is InChI=1S/C11H12F4N2O2/c12-10(13)19-8-3-1-7(2-4-8)9(18)17-6-11(14,15)5-16/h1-4,10H,5-6,16H2,(H,17,18). The van der Waals surface area contributed by atoms with Gasteiger partial charge in [-0.2, -0.15) is 8.78 Å². The molecule has 3 N–H and O–H groups in total. The highest BCUT2D eigenvalue weighted by molar-refractivity contribution is 5.94. The molecule has 0 radical (unpaired) electrons. The molecule has 0 unspecified atom stereocenters. The fourth-order valence-electron chi connectivity index (χ4n) is 1.17. The first-order valence-corrected chi connectivity index (χ1v) is 5.25. The van der Waals surface area contributed by atoms with Gasteiger partial charge in [0.1, 0.15) is 5.75 Å². The number of alkyl halides is 4. The molecule has 0 saturated carbocycles. The van der Waals surface area contributed by atoms with E-state index in [9.17, 15) is 22.4 Å². The molecule has 0 bridgehead atoms. The highest BCUT2D eigenvalue weighted by atomic mass is 19.3. The zero-order valence-corrected chi connectivity index (χ0v) is 9.71. The highest BCUT2D eigenvalue weighted by Gasteiger charge is 2.27. The van der Waals surface area contributed by atoms with E-state index in [0.717, 1.165) is 12.1 Å². The Kier molecular flexibility index (Phi) is 5.11. The number of hydrogen-bond donors (Lipinski definition) is 2. The number of halogens is 4. The molecule has 0 aliphatic heterocycles. The van der Waals surface area contributed by atoms with Gasteiger partial charge in [-0.25, -0.2) is 8.78 Å². The Labute approximate surface area is 106 Å². The van der Waals surface area contributed by atoms with E-state index in [1.54, 1.807) is 0 Å². The Bertz CT molecular complexity index is 423. The van der Waals surface area contributed by atoms with Crippen LogP contribution in [0.4, 0.5) is 17.6 Å². The third-order valence-corrected chi connectivity index (χ3v) is 2.15. The molecular weight excluding hydrogens is 268 g/mol. The van der Waals surface area contributed by atoms with E-state index in [0.29, 0.717) is 0 Å². The van der Waals surface area contributed by atoms with Crippen LogP contribution in [0, 0.1) is 0 Å². The van der Waals surface area contributed by atoms with Crippen LogP contribution in [-0.2, 0) is 0 Å². The second-order valence-corrected chi connectivity index (χ2v) is 3.65. The van der Waals surface area contributed by atoms with Gasteiger partial charge < -0.3 is 15.8 Å². The molecule has 1 aromatic carbocycles. The van der Waals surface area contributed by atoms with E-state index in [4.69, 9.17) is 5.73 Å². The first-order chi connectivity index (χ1) is 8.84. The van der Waals surface area contributed by atoms with E-state index >= 15 is 0 Å². The number of carbonyl (C=O) groups is 1. The molecule has 1 amide bonds. The molecule has 0 aliphatic rings. The fraction of sp³-hybridized carbons (Fsp3) is 0.364. The topological polar surface area (TPSA) is 64.3 Å². The van der Waals surface area contributed by atoms with Crippen LogP contribution in [0.1, 0.15) is 10.4 Å². The number of benzene rings is 1. The number of nitrogens with one attached hydrogen (secondary N) is 1. The summed E-state index contributed by atoms with van der Waals surface area (Å²) in [6.07, 6.45) is 0. The van der Waals surface area contributed by atoms with Crippen molar-refractivity contribution in [1.82, 2.24) is 5.32 Å². The van der Waals surface area contributed by atoms with Crippen LogP contribution in [0.5, 0.6) is 5.75 Å². The molecule has 19 heavy (non-hydrogen) atoms. The summed E-state index contributed by atoms with van der Waals surface area (Å²) >= 11 is 0. The second-order valence-electron chi connectivity index (χ2n) is 3.65. The van der Waals surface area contributed by atoms with E-state index in [1.807, 2.05) is 5.32 Å². The zero-order chi connectivity index (χ0) is 14.5. The van der Waals surface area contributed by atoms with Crippen molar-refractivity contribution >= 4 is 5.91 Å². The average molecular weight is 280 g/mol. The maximum absolute atomic E-state index is 12.8. The Morgan fingerprint density at radius 1 is 1.32 bits per heavy atom. The van der Waals surface area contributed by atoms with E-state index in [1.165, 1.54) is 12.1 Å². The van der Waals surface area contributed by atoms with Gasteiger partial charge in [-0.3, -0.25) is 4.79 Å². The summed E-state index contributed by atoms with van der Waals surface area (Å²) in [4.78, 5) is 11.5. The van der Waals surface area contributed by atoms with Gasteiger partial charge in [0.15, 0.2) is 0 Å². The molecule has 0 spiro atoms. The quantitative estimate of drug-likeness (QED) is 0.778. The lowest BCUT2D eigenvalue weighted by Gasteiger charge is -2.14. The van der Waals surface area contributed by atoms with Crippen LogP contribution in [0.3, 0.4) is 0 Å². The van der Waals surface area contributed by atoms with Crippen molar-refractivity contribution in [3.8, 4) is 5.75 Å². The van der Waals surface area contributed by atoms with Gasteiger partial charge in [-0.15, -0.1) is 0 Å². The minimum atomic E-state index is -3.19. The van der Waals surface area contributed by atoms with Crippen LogP contribution < -0.4 is 15.8 Å². The largest absolute Gasteiger partial charge is 0.435 e.